The molecule has 25 heavy (non-hydrogen) atoms. The molecule has 3 aromatic rings. The third-order valence-corrected chi connectivity index (χ3v) is 4.29. The molecule has 0 bridgehead atoms. The zero-order valence-corrected chi connectivity index (χ0v) is 14.9. The monoisotopic (exact) mass is 360 g/mol. The fourth-order valence-electron chi connectivity index (χ4n) is 2.63. The van der Waals surface area contributed by atoms with E-state index < -0.39 is 0 Å². The van der Waals surface area contributed by atoms with Crippen molar-refractivity contribution >= 4 is 22.8 Å². The smallest absolute Gasteiger partial charge is 0.180 e. The van der Waals surface area contributed by atoms with E-state index in [1.54, 1.807) is 13.2 Å². The topological polar surface area (TPSA) is 62.1 Å². The molecule has 2 aromatic heterocycles. The van der Waals surface area contributed by atoms with Gasteiger partial charge in [-0.15, -0.1) is 0 Å². The number of rotatable bonds is 9. The summed E-state index contributed by atoms with van der Waals surface area (Å²) in [7, 11) is 1.62. The van der Waals surface area contributed by atoms with E-state index in [2.05, 4.69) is 19.5 Å². The summed E-state index contributed by atoms with van der Waals surface area (Å²) >= 11 is 6.15. The van der Waals surface area contributed by atoms with Gasteiger partial charge in [0, 0.05) is 12.6 Å². The Kier molecular flexibility index (Phi) is 6.06. The maximum atomic E-state index is 6.15. The van der Waals surface area contributed by atoms with Crippen LogP contribution in [0.15, 0.2) is 37.1 Å². The Balaban J connectivity index is 1.34. The molecule has 0 saturated carbocycles. The van der Waals surface area contributed by atoms with E-state index in [9.17, 15) is 0 Å². The summed E-state index contributed by atoms with van der Waals surface area (Å²) in [6.45, 7) is 1.59. The van der Waals surface area contributed by atoms with Crippen LogP contribution in [-0.2, 0) is 6.54 Å². The number of halogens is 1. The molecule has 7 heteroatoms. The van der Waals surface area contributed by atoms with E-state index in [1.165, 1.54) is 6.33 Å². The van der Waals surface area contributed by atoms with Gasteiger partial charge in [-0.25, -0.2) is 15.0 Å². The largest absolute Gasteiger partial charge is 0.497 e. The van der Waals surface area contributed by atoms with E-state index in [1.807, 2.05) is 24.7 Å². The number of hydrogen-bond acceptors (Lipinski definition) is 5. The highest BCUT2D eigenvalue weighted by molar-refractivity contribution is 6.32. The first kappa shape index (κ1) is 17.5. The zero-order chi connectivity index (χ0) is 17.5. The van der Waals surface area contributed by atoms with Crippen molar-refractivity contribution in [2.45, 2.75) is 32.2 Å². The molecular formula is C18H21ClN4O2. The van der Waals surface area contributed by atoms with Gasteiger partial charge in [-0.1, -0.05) is 24.4 Å². The number of nitrogens with zero attached hydrogens (tertiary/aromatic N) is 4. The second-order valence-corrected chi connectivity index (χ2v) is 6.14. The number of ether oxygens (including phenoxy) is 2. The normalized spacial score (nSPS) is 11.0. The van der Waals surface area contributed by atoms with Gasteiger partial charge in [0.2, 0.25) is 0 Å². The number of unbranched alkanes of at least 4 members (excludes halogenated alkanes) is 3. The lowest BCUT2D eigenvalue weighted by Gasteiger charge is -2.09. The molecule has 0 saturated heterocycles. The SMILES string of the molecule is COc1ccc(OCCCCCCn2cnc3ncncc32)c(Cl)c1. The van der Waals surface area contributed by atoms with E-state index in [0.29, 0.717) is 17.4 Å². The van der Waals surface area contributed by atoms with Crippen molar-refractivity contribution in [1.29, 1.82) is 0 Å². The van der Waals surface area contributed by atoms with Crippen LogP contribution in [0.4, 0.5) is 0 Å². The van der Waals surface area contributed by atoms with Gasteiger partial charge >= 0.3 is 0 Å². The molecule has 3 rings (SSSR count). The van der Waals surface area contributed by atoms with Gasteiger partial charge in [0.25, 0.3) is 0 Å². The van der Waals surface area contributed by atoms with Crippen LogP contribution in [0.5, 0.6) is 11.5 Å². The minimum Gasteiger partial charge on any atom is -0.497 e. The van der Waals surface area contributed by atoms with Gasteiger partial charge in [-0.05, 0) is 25.0 Å². The molecule has 0 amide bonds. The van der Waals surface area contributed by atoms with Crippen LogP contribution < -0.4 is 9.47 Å². The third kappa shape index (κ3) is 4.60. The predicted octanol–water partition coefficient (Wildman–Crippen LogP) is 4.13. The van der Waals surface area contributed by atoms with Crippen molar-refractivity contribution in [1.82, 2.24) is 19.5 Å². The number of imidazole rings is 1. The summed E-state index contributed by atoms with van der Waals surface area (Å²) in [6.07, 6.45) is 9.48. The number of aryl methyl sites for hydroxylation is 1. The van der Waals surface area contributed by atoms with Crippen molar-refractivity contribution in [3.63, 3.8) is 0 Å². The van der Waals surface area contributed by atoms with Crippen LogP contribution in [0.2, 0.25) is 5.02 Å². The van der Waals surface area contributed by atoms with Crippen molar-refractivity contribution < 1.29 is 9.47 Å². The van der Waals surface area contributed by atoms with Gasteiger partial charge in [-0.3, -0.25) is 0 Å². The van der Waals surface area contributed by atoms with Gasteiger partial charge < -0.3 is 14.0 Å². The quantitative estimate of drug-likeness (QED) is 0.537. The molecule has 0 aliphatic carbocycles. The van der Waals surface area contributed by atoms with Gasteiger partial charge in [0.15, 0.2) is 5.65 Å². The predicted molar refractivity (Wildman–Crippen MR) is 97.3 cm³/mol. The number of fused-ring (bicyclic) bond motifs is 1. The second-order valence-electron chi connectivity index (χ2n) is 5.73. The maximum absolute atomic E-state index is 6.15. The molecule has 6 nitrogen and oxygen atoms in total. The van der Waals surface area contributed by atoms with Crippen molar-refractivity contribution in [3.05, 3.63) is 42.1 Å². The number of methoxy groups -OCH3 is 1. The highest BCUT2D eigenvalue weighted by atomic mass is 35.5. The van der Waals surface area contributed by atoms with Gasteiger partial charge in [0.1, 0.15) is 23.3 Å². The highest BCUT2D eigenvalue weighted by Gasteiger charge is 2.04. The molecule has 0 fully saturated rings. The Labute approximate surface area is 151 Å². The van der Waals surface area contributed by atoms with E-state index in [4.69, 9.17) is 21.1 Å². The lowest BCUT2D eigenvalue weighted by atomic mass is 10.2. The Morgan fingerprint density at radius 1 is 1.12 bits per heavy atom. The number of aromatic nitrogens is 4. The lowest BCUT2D eigenvalue weighted by molar-refractivity contribution is 0.303. The van der Waals surface area contributed by atoms with Crippen LogP contribution in [0.3, 0.4) is 0 Å². The molecule has 132 valence electrons. The van der Waals surface area contributed by atoms with Gasteiger partial charge in [-0.2, -0.15) is 0 Å². The maximum Gasteiger partial charge on any atom is 0.180 e. The second kappa shape index (κ2) is 8.67. The summed E-state index contributed by atoms with van der Waals surface area (Å²) in [4.78, 5) is 12.5. The molecule has 2 heterocycles. The minimum atomic E-state index is 0.577. The Bertz CT molecular complexity index is 822. The summed E-state index contributed by atoms with van der Waals surface area (Å²) in [5.41, 5.74) is 1.74. The summed E-state index contributed by atoms with van der Waals surface area (Å²) in [6, 6.07) is 5.45. The Morgan fingerprint density at radius 2 is 2.00 bits per heavy atom. The van der Waals surface area contributed by atoms with Crippen LogP contribution >= 0.6 is 11.6 Å². The summed E-state index contributed by atoms with van der Waals surface area (Å²) in [5.74, 6) is 1.43. The summed E-state index contributed by atoms with van der Waals surface area (Å²) < 4.78 is 13.0. The fourth-order valence-corrected chi connectivity index (χ4v) is 2.85. The first-order valence-corrected chi connectivity index (χ1v) is 8.73. The summed E-state index contributed by atoms with van der Waals surface area (Å²) in [5, 5.41) is 0.577. The Hall–Kier alpha value is -2.34. The average molecular weight is 361 g/mol. The fraction of sp³-hybridized carbons (Fsp3) is 0.389. The molecule has 0 N–H and O–H groups in total. The minimum absolute atomic E-state index is 0.577. The lowest BCUT2D eigenvalue weighted by Crippen LogP contribution is -2.00. The van der Waals surface area contributed by atoms with Crippen LogP contribution in [-0.4, -0.2) is 33.2 Å². The van der Waals surface area contributed by atoms with Crippen molar-refractivity contribution in [2.75, 3.05) is 13.7 Å². The standard InChI is InChI=1S/C18H21ClN4O2/c1-24-14-6-7-17(15(19)10-14)25-9-5-3-2-4-8-23-13-22-18-16(23)11-20-12-21-18/h6-7,10-13H,2-5,8-9H2,1H3. The highest BCUT2D eigenvalue weighted by Crippen LogP contribution is 2.28. The van der Waals surface area contributed by atoms with Crippen molar-refractivity contribution in [3.8, 4) is 11.5 Å². The van der Waals surface area contributed by atoms with E-state index in [-0.39, 0.29) is 0 Å². The van der Waals surface area contributed by atoms with Crippen LogP contribution in [0.1, 0.15) is 25.7 Å². The zero-order valence-electron chi connectivity index (χ0n) is 14.2. The van der Waals surface area contributed by atoms with Crippen LogP contribution in [0, 0.1) is 0 Å². The molecule has 0 aliphatic rings. The van der Waals surface area contributed by atoms with Crippen LogP contribution in [0.25, 0.3) is 11.2 Å². The molecule has 0 radical (unpaired) electrons. The first-order valence-electron chi connectivity index (χ1n) is 8.35. The average Bonchev–Trinajstić information content (AvgIpc) is 3.05. The molecule has 0 aliphatic heterocycles. The van der Waals surface area contributed by atoms with E-state index >= 15 is 0 Å². The van der Waals surface area contributed by atoms with Crippen molar-refractivity contribution in [2.24, 2.45) is 0 Å². The third-order valence-electron chi connectivity index (χ3n) is 3.99. The molecular weight excluding hydrogens is 340 g/mol. The molecule has 0 unspecified atom stereocenters. The number of benzene rings is 1. The Morgan fingerprint density at radius 3 is 2.84 bits per heavy atom. The number of hydrogen-bond donors (Lipinski definition) is 0. The molecule has 0 atom stereocenters. The molecule has 0 spiro atoms. The first-order chi connectivity index (χ1) is 12.3. The molecule has 1 aromatic carbocycles. The van der Waals surface area contributed by atoms with Gasteiger partial charge in [0.05, 0.1) is 31.3 Å². The van der Waals surface area contributed by atoms with E-state index in [0.717, 1.165) is 49.1 Å².